The summed E-state index contributed by atoms with van der Waals surface area (Å²) < 4.78 is 16.1. The van der Waals surface area contributed by atoms with E-state index in [0.29, 0.717) is 11.6 Å². The molecule has 0 spiro atoms. The Labute approximate surface area is 125 Å². The summed E-state index contributed by atoms with van der Waals surface area (Å²) in [5.74, 6) is 0.513. The highest BCUT2D eigenvalue weighted by Gasteiger charge is 2.27. The van der Waals surface area contributed by atoms with Crippen LogP contribution in [0.5, 0.6) is 0 Å². The van der Waals surface area contributed by atoms with Gasteiger partial charge in [0.15, 0.2) is 5.82 Å². The molecule has 6 heteroatoms. The van der Waals surface area contributed by atoms with E-state index in [9.17, 15) is 4.39 Å². The molecule has 1 saturated carbocycles. The molecule has 2 aromatic heterocycles. The second-order valence-electron chi connectivity index (χ2n) is 5.30. The van der Waals surface area contributed by atoms with Gasteiger partial charge < -0.3 is 4.57 Å². The fourth-order valence-corrected chi connectivity index (χ4v) is 2.84. The Morgan fingerprint density at radius 2 is 2.10 bits per heavy atom. The molecule has 1 aliphatic carbocycles. The molecule has 106 valence electrons. The number of hydrogen-bond donors (Lipinski definition) is 0. The lowest BCUT2D eigenvalue weighted by Gasteiger charge is -2.06. The summed E-state index contributed by atoms with van der Waals surface area (Å²) in [6, 6.07) is 6.15. The van der Waals surface area contributed by atoms with Gasteiger partial charge in [-0.15, -0.1) is 0 Å². The van der Waals surface area contributed by atoms with E-state index in [2.05, 4.69) is 19.5 Å². The third-order valence-corrected chi connectivity index (χ3v) is 3.95. The smallest absolute Gasteiger partial charge is 0.223 e. The minimum Gasteiger partial charge on any atom is -0.325 e. The van der Waals surface area contributed by atoms with Crippen molar-refractivity contribution < 1.29 is 4.39 Å². The number of benzene rings is 1. The van der Waals surface area contributed by atoms with Crippen molar-refractivity contribution in [3.63, 3.8) is 0 Å². The van der Waals surface area contributed by atoms with Crippen molar-refractivity contribution in [2.45, 2.75) is 25.8 Å². The number of imidazole rings is 1. The van der Waals surface area contributed by atoms with Crippen molar-refractivity contribution in [1.82, 2.24) is 19.5 Å². The van der Waals surface area contributed by atoms with Crippen LogP contribution in [0.25, 0.3) is 22.3 Å². The first-order chi connectivity index (χ1) is 10.1. The molecule has 3 aromatic rings. The molecule has 4 nitrogen and oxygen atoms in total. The average molecular weight is 303 g/mol. The summed E-state index contributed by atoms with van der Waals surface area (Å²) in [4.78, 5) is 12.2. The van der Waals surface area contributed by atoms with Crippen LogP contribution in [0.1, 0.15) is 24.7 Å². The molecular weight excluding hydrogens is 291 g/mol. The maximum absolute atomic E-state index is 13.9. The lowest BCUT2D eigenvalue weighted by molar-refractivity contribution is 0.618. The number of halogens is 2. The van der Waals surface area contributed by atoms with Crippen LogP contribution >= 0.6 is 11.6 Å². The molecule has 0 amide bonds. The van der Waals surface area contributed by atoms with E-state index in [1.54, 1.807) is 0 Å². The van der Waals surface area contributed by atoms with E-state index in [0.717, 1.165) is 23.1 Å². The number of aromatic nitrogens is 4. The summed E-state index contributed by atoms with van der Waals surface area (Å²) in [5.41, 5.74) is 2.84. The average Bonchev–Trinajstić information content (AvgIpc) is 3.23. The van der Waals surface area contributed by atoms with Crippen LogP contribution < -0.4 is 0 Å². The van der Waals surface area contributed by atoms with E-state index in [1.807, 2.05) is 25.1 Å². The van der Waals surface area contributed by atoms with E-state index in [1.165, 1.54) is 12.8 Å². The molecule has 0 unspecified atom stereocenters. The van der Waals surface area contributed by atoms with Crippen LogP contribution in [0.2, 0.25) is 5.28 Å². The predicted octanol–water partition coefficient (Wildman–Crippen LogP) is 3.93. The number of nitrogens with zero attached hydrogens (tertiary/aromatic N) is 4. The molecule has 0 bridgehead atoms. The zero-order chi connectivity index (χ0) is 14.6. The molecule has 1 aliphatic rings. The van der Waals surface area contributed by atoms with Gasteiger partial charge in [0, 0.05) is 11.6 Å². The number of rotatable bonds is 2. The van der Waals surface area contributed by atoms with E-state index in [-0.39, 0.29) is 11.0 Å². The minimum atomic E-state index is -0.479. The van der Waals surface area contributed by atoms with Gasteiger partial charge in [0.1, 0.15) is 11.5 Å². The van der Waals surface area contributed by atoms with Crippen LogP contribution in [0.4, 0.5) is 4.39 Å². The van der Waals surface area contributed by atoms with Gasteiger partial charge in [-0.25, -0.2) is 19.3 Å². The number of fused-ring (bicyclic) bond motifs is 1. The summed E-state index contributed by atoms with van der Waals surface area (Å²) in [6.45, 7) is 2.00. The van der Waals surface area contributed by atoms with Gasteiger partial charge in [-0.05, 0) is 43.5 Å². The summed E-state index contributed by atoms with van der Waals surface area (Å²) in [7, 11) is 0. The fraction of sp³-hybridized carbons (Fsp3) is 0.267. The third-order valence-electron chi connectivity index (χ3n) is 3.77. The Bertz CT molecular complexity index is 854. The molecule has 2 heterocycles. The molecule has 1 fully saturated rings. The lowest BCUT2D eigenvalue weighted by atomic mass is 10.1. The van der Waals surface area contributed by atoms with Crippen molar-refractivity contribution in [3.05, 3.63) is 41.3 Å². The monoisotopic (exact) mass is 302 g/mol. The molecular formula is C15H12ClFN4. The third kappa shape index (κ3) is 2.08. The van der Waals surface area contributed by atoms with E-state index < -0.39 is 5.82 Å². The van der Waals surface area contributed by atoms with Crippen molar-refractivity contribution >= 4 is 22.6 Å². The quantitative estimate of drug-likeness (QED) is 0.674. The highest BCUT2D eigenvalue weighted by Crippen LogP contribution is 2.39. The first kappa shape index (κ1) is 12.7. The molecule has 1 aromatic carbocycles. The van der Waals surface area contributed by atoms with Crippen molar-refractivity contribution in [1.29, 1.82) is 0 Å². The number of hydrogen-bond acceptors (Lipinski definition) is 3. The zero-order valence-electron chi connectivity index (χ0n) is 11.3. The normalized spacial score (nSPS) is 14.8. The van der Waals surface area contributed by atoms with E-state index >= 15 is 0 Å². The molecule has 0 saturated heterocycles. The maximum Gasteiger partial charge on any atom is 0.223 e. The molecule has 0 aliphatic heterocycles. The summed E-state index contributed by atoms with van der Waals surface area (Å²) >= 11 is 5.77. The first-order valence-corrected chi connectivity index (χ1v) is 7.18. The van der Waals surface area contributed by atoms with Gasteiger partial charge in [0.05, 0.1) is 17.2 Å². The molecule has 0 radical (unpaired) electrons. The van der Waals surface area contributed by atoms with Crippen LogP contribution in [-0.2, 0) is 0 Å². The highest BCUT2D eigenvalue weighted by atomic mass is 35.5. The van der Waals surface area contributed by atoms with Crippen LogP contribution in [0, 0.1) is 12.7 Å². The second kappa shape index (κ2) is 4.49. The van der Waals surface area contributed by atoms with Crippen molar-refractivity contribution in [2.75, 3.05) is 0 Å². The SMILES string of the molecule is Cc1nc2ccc(-c3nc(Cl)ncc3F)cc2n1C1CC1. The Morgan fingerprint density at radius 1 is 1.29 bits per heavy atom. The molecule has 4 rings (SSSR count). The zero-order valence-corrected chi connectivity index (χ0v) is 12.1. The minimum absolute atomic E-state index is 0.0402. The second-order valence-corrected chi connectivity index (χ2v) is 5.64. The van der Waals surface area contributed by atoms with Crippen molar-refractivity contribution in [2.24, 2.45) is 0 Å². The fourth-order valence-electron chi connectivity index (χ4n) is 2.70. The largest absolute Gasteiger partial charge is 0.325 e. The van der Waals surface area contributed by atoms with Crippen LogP contribution in [0.3, 0.4) is 0 Å². The molecule has 0 atom stereocenters. The summed E-state index contributed by atoms with van der Waals surface area (Å²) in [6.07, 6.45) is 3.44. The van der Waals surface area contributed by atoms with Gasteiger partial charge in [-0.2, -0.15) is 0 Å². The Balaban J connectivity index is 1.94. The van der Waals surface area contributed by atoms with Gasteiger partial charge in [-0.3, -0.25) is 0 Å². The van der Waals surface area contributed by atoms with Gasteiger partial charge >= 0.3 is 0 Å². The van der Waals surface area contributed by atoms with E-state index in [4.69, 9.17) is 11.6 Å². The molecule has 0 N–H and O–H groups in total. The standard InChI is InChI=1S/C15H12ClFN4/c1-8-19-12-5-2-9(6-13(12)21(8)10-3-4-10)14-11(17)7-18-15(16)20-14/h2,5-7,10H,3-4H2,1H3. The number of aryl methyl sites for hydroxylation is 1. The Hall–Kier alpha value is -2.01. The maximum atomic E-state index is 13.9. The summed E-state index contributed by atoms with van der Waals surface area (Å²) in [5, 5.41) is 0.0402. The van der Waals surface area contributed by atoms with Crippen LogP contribution in [0.15, 0.2) is 24.4 Å². The van der Waals surface area contributed by atoms with Crippen LogP contribution in [-0.4, -0.2) is 19.5 Å². The molecule has 21 heavy (non-hydrogen) atoms. The predicted molar refractivity (Wildman–Crippen MR) is 78.7 cm³/mol. The van der Waals surface area contributed by atoms with Gasteiger partial charge in [0.2, 0.25) is 5.28 Å². The Morgan fingerprint density at radius 3 is 2.86 bits per heavy atom. The van der Waals surface area contributed by atoms with Gasteiger partial charge in [-0.1, -0.05) is 6.07 Å². The lowest BCUT2D eigenvalue weighted by Crippen LogP contribution is -1.97. The van der Waals surface area contributed by atoms with Gasteiger partial charge in [0.25, 0.3) is 0 Å². The topological polar surface area (TPSA) is 43.6 Å². The highest BCUT2D eigenvalue weighted by molar-refractivity contribution is 6.28. The first-order valence-electron chi connectivity index (χ1n) is 6.80. The van der Waals surface area contributed by atoms with Crippen molar-refractivity contribution in [3.8, 4) is 11.3 Å². The Kier molecular flexibility index (Phi) is 2.72.